The van der Waals surface area contributed by atoms with Crippen LogP contribution in [-0.2, 0) is 11.9 Å². The van der Waals surface area contributed by atoms with Gasteiger partial charge in [-0.3, -0.25) is 4.52 Å². The molecule has 0 heterocycles. The van der Waals surface area contributed by atoms with Gasteiger partial charge < -0.3 is 4.89 Å². The first-order chi connectivity index (χ1) is 3.98. The Morgan fingerprint density at radius 2 is 2.11 bits per heavy atom. The molecule has 0 aliphatic heterocycles. The highest BCUT2D eigenvalue weighted by atomic mass is 127. The molecule has 4 nitrogen and oxygen atoms in total. The van der Waals surface area contributed by atoms with E-state index in [2.05, 4.69) is 7.38 Å². The minimum Gasteiger partial charge on any atom is -0.302 e. The minimum atomic E-state index is -3.74. The highest BCUT2D eigenvalue weighted by Crippen LogP contribution is 2.46. The van der Waals surface area contributed by atoms with Crippen molar-refractivity contribution in [3.8, 4) is 0 Å². The predicted octanol–water partition coefficient (Wildman–Crippen LogP) is 1.88. The van der Waals surface area contributed by atoms with Gasteiger partial charge in [0.05, 0.1) is 6.10 Å². The largest absolute Gasteiger partial charge is 0.481 e. The molecule has 0 spiro atoms. The van der Waals surface area contributed by atoms with Crippen LogP contribution in [0.2, 0.25) is 0 Å². The molecule has 0 bridgehead atoms. The second kappa shape index (κ2) is 3.88. The van der Waals surface area contributed by atoms with Gasteiger partial charge in [0.1, 0.15) is 23.0 Å². The Hall–Kier alpha value is 0.840. The van der Waals surface area contributed by atoms with Crippen molar-refractivity contribution < 1.29 is 16.8 Å². The molecule has 0 radical (unpaired) electrons. The third kappa shape index (κ3) is 5.29. The molecule has 0 amide bonds. The summed E-state index contributed by atoms with van der Waals surface area (Å²) in [5, 5.41) is 0. The summed E-state index contributed by atoms with van der Waals surface area (Å²) < 4.78 is 19.1. The highest BCUT2D eigenvalue weighted by Gasteiger charge is 2.20. The fourth-order valence-corrected chi connectivity index (χ4v) is 1.13. The monoisotopic (exact) mass is 266 g/mol. The molecule has 1 unspecified atom stereocenters. The Kier molecular flexibility index (Phi) is 4.24. The van der Waals surface area contributed by atoms with E-state index in [9.17, 15) is 4.57 Å². The van der Waals surface area contributed by atoms with Crippen LogP contribution in [0.25, 0.3) is 0 Å². The summed E-state index contributed by atoms with van der Waals surface area (Å²) in [6.07, 6.45) is -0.296. The van der Waals surface area contributed by atoms with E-state index < -0.39 is 7.82 Å². The van der Waals surface area contributed by atoms with Gasteiger partial charge in [0.25, 0.3) is 0 Å². The molecule has 0 aliphatic rings. The summed E-state index contributed by atoms with van der Waals surface area (Å²) in [6, 6.07) is 0. The van der Waals surface area contributed by atoms with Crippen LogP contribution in [-0.4, -0.2) is 11.0 Å². The molecule has 1 atom stereocenters. The van der Waals surface area contributed by atoms with E-state index in [4.69, 9.17) is 4.89 Å². The molecule has 0 aromatic heterocycles. The fourth-order valence-electron chi connectivity index (χ4n) is 0.283. The molecule has 56 valence electrons. The van der Waals surface area contributed by atoms with Crippen LogP contribution in [0.15, 0.2) is 0 Å². The molecule has 0 aromatic rings. The zero-order valence-corrected chi connectivity index (χ0v) is 8.13. The minimum absolute atomic E-state index is 0.296. The van der Waals surface area contributed by atoms with Crippen LogP contribution in [0.4, 0.5) is 0 Å². The normalized spacial score (nSPS) is 17.9. The molecular weight excluding hydrogens is 258 g/mol. The first-order valence-corrected chi connectivity index (χ1v) is 4.67. The van der Waals surface area contributed by atoms with Crippen LogP contribution in [0.5, 0.6) is 0 Å². The lowest BCUT2D eigenvalue weighted by Gasteiger charge is -2.09. The average molecular weight is 266 g/mol. The van der Waals surface area contributed by atoms with E-state index in [0.717, 1.165) is 0 Å². The zero-order chi connectivity index (χ0) is 7.49. The van der Waals surface area contributed by atoms with Gasteiger partial charge in [0.15, 0.2) is 0 Å². The second-order valence-corrected chi connectivity index (χ2v) is 4.16. The van der Waals surface area contributed by atoms with Gasteiger partial charge in [0.2, 0.25) is 0 Å². The summed E-state index contributed by atoms with van der Waals surface area (Å²) in [5.74, 6) is 0. The Bertz CT molecular complexity index is 125. The third-order valence-corrected chi connectivity index (χ3v) is 2.79. The van der Waals surface area contributed by atoms with Gasteiger partial charge in [0, 0.05) is 0 Å². The van der Waals surface area contributed by atoms with Crippen LogP contribution >= 0.6 is 30.8 Å². The first-order valence-electron chi connectivity index (χ1n) is 2.29. The molecular formula is C3H8IO4P. The van der Waals surface area contributed by atoms with E-state index in [1.165, 1.54) is 23.0 Å². The standard InChI is InChI=1S/C3H8IO4P/c1-3(2)7-9(5,6)8-4/h3H,1-2H3,(H,5,6). The second-order valence-electron chi connectivity index (χ2n) is 1.69. The molecule has 0 aliphatic carbocycles. The maximum Gasteiger partial charge on any atom is 0.481 e. The summed E-state index contributed by atoms with van der Waals surface area (Å²) in [5.41, 5.74) is 0. The Morgan fingerprint density at radius 1 is 1.67 bits per heavy atom. The zero-order valence-electron chi connectivity index (χ0n) is 5.07. The third-order valence-electron chi connectivity index (χ3n) is 0.431. The van der Waals surface area contributed by atoms with Crippen molar-refractivity contribution in [3.63, 3.8) is 0 Å². The van der Waals surface area contributed by atoms with Crippen LogP contribution in [0.1, 0.15) is 13.8 Å². The number of phosphoric acid groups is 1. The number of halogens is 1. The van der Waals surface area contributed by atoms with Gasteiger partial charge in [-0.05, 0) is 13.8 Å². The number of hydrogen-bond acceptors (Lipinski definition) is 3. The van der Waals surface area contributed by atoms with Gasteiger partial charge >= 0.3 is 7.82 Å². The van der Waals surface area contributed by atoms with Crippen molar-refractivity contribution in [2.45, 2.75) is 20.0 Å². The number of rotatable bonds is 3. The predicted molar refractivity (Wildman–Crippen MR) is 41.2 cm³/mol. The Labute approximate surface area is 67.9 Å². The average Bonchev–Trinajstić information content (AvgIpc) is 1.63. The van der Waals surface area contributed by atoms with Crippen LogP contribution < -0.4 is 0 Å². The molecule has 0 saturated heterocycles. The van der Waals surface area contributed by atoms with E-state index in [0.29, 0.717) is 0 Å². The van der Waals surface area contributed by atoms with Gasteiger partial charge in [-0.15, -0.1) is 0 Å². The molecule has 0 aromatic carbocycles. The highest BCUT2D eigenvalue weighted by molar-refractivity contribution is 14.1. The van der Waals surface area contributed by atoms with Gasteiger partial charge in [-0.1, -0.05) is 0 Å². The summed E-state index contributed by atoms with van der Waals surface area (Å²) >= 11 is 1.33. The van der Waals surface area contributed by atoms with Crippen molar-refractivity contribution >= 4 is 30.8 Å². The van der Waals surface area contributed by atoms with Gasteiger partial charge in [-0.25, -0.2) is 7.42 Å². The SMILES string of the molecule is CC(C)OP(=O)(O)OI. The van der Waals surface area contributed by atoms with Crippen molar-refractivity contribution in [3.05, 3.63) is 0 Å². The lowest BCUT2D eigenvalue weighted by molar-refractivity contribution is 0.173. The van der Waals surface area contributed by atoms with Crippen molar-refractivity contribution in [1.82, 2.24) is 0 Å². The molecule has 0 rings (SSSR count). The summed E-state index contributed by atoms with van der Waals surface area (Å²) in [7, 11) is -3.74. The van der Waals surface area contributed by atoms with Crippen LogP contribution in [0, 0.1) is 0 Å². The molecule has 9 heavy (non-hydrogen) atoms. The lowest BCUT2D eigenvalue weighted by atomic mass is 10.5. The van der Waals surface area contributed by atoms with Gasteiger partial charge in [-0.2, -0.15) is 0 Å². The smallest absolute Gasteiger partial charge is 0.302 e. The van der Waals surface area contributed by atoms with E-state index in [-0.39, 0.29) is 6.10 Å². The maximum atomic E-state index is 10.5. The van der Waals surface area contributed by atoms with Crippen molar-refractivity contribution in [1.29, 1.82) is 0 Å². The molecule has 0 fully saturated rings. The van der Waals surface area contributed by atoms with E-state index in [1.54, 1.807) is 13.8 Å². The maximum absolute atomic E-state index is 10.5. The lowest BCUT2D eigenvalue weighted by Crippen LogP contribution is -1.99. The van der Waals surface area contributed by atoms with E-state index in [1.807, 2.05) is 0 Å². The first kappa shape index (κ1) is 9.84. The summed E-state index contributed by atoms with van der Waals surface area (Å²) in [4.78, 5) is 8.60. The fraction of sp³-hybridized carbons (Fsp3) is 1.00. The summed E-state index contributed by atoms with van der Waals surface area (Å²) in [6.45, 7) is 3.30. The number of phosphoric ester groups is 1. The Morgan fingerprint density at radius 3 is 2.22 bits per heavy atom. The Balaban J connectivity index is 3.73. The molecule has 1 N–H and O–H groups in total. The van der Waals surface area contributed by atoms with Crippen molar-refractivity contribution in [2.24, 2.45) is 0 Å². The van der Waals surface area contributed by atoms with Crippen molar-refractivity contribution in [2.75, 3.05) is 0 Å². The van der Waals surface area contributed by atoms with E-state index >= 15 is 0 Å². The number of hydrogen-bond donors (Lipinski definition) is 1. The quantitative estimate of drug-likeness (QED) is 0.625. The van der Waals surface area contributed by atoms with Crippen LogP contribution in [0.3, 0.4) is 0 Å². The topological polar surface area (TPSA) is 55.8 Å². The molecule has 0 saturated carbocycles. The molecule has 6 heteroatoms.